The number of pyridine rings is 1. The predicted molar refractivity (Wildman–Crippen MR) is 147 cm³/mol. The number of carbonyl (C=O) groups excluding carboxylic acids is 1. The predicted octanol–water partition coefficient (Wildman–Crippen LogP) is 6.10. The zero-order valence-electron chi connectivity index (χ0n) is 21.4. The van der Waals surface area contributed by atoms with Crippen molar-refractivity contribution in [1.29, 1.82) is 0 Å². The summed E-state index contributed by atoms with van der Waals surface area (Å²) < 4.78 is 3.50. The molecule has 3 aliphatic rings. The summed E-state index contributed by atoms with van der Waals surface area (Å²) in [7, 11) is 0. The van der Waals surface area contributed by atoms with Crippen LogP contribution in [0.15, 0.2) is 41.3 Å². The molecule has 0 bridgehead atoms. The minimum Gasteiger partial charge on any atom is -0.371 e. The molecule has 2 aromatic rings. The molecule has 0 radical (unpaired) electrons. The topological polar surface area (TPSA) is 60.5 Å². The van der Waals surface area contributed by atoms with Gasteiger partial charge in [-0.1, -0.05) is 6.07 Å². The molecule has 2 aliphatic heterocycles. The average molecular weight is 494 g/mol. The highest BCUT2D eigenvalue weighted by atomic mass is 32.2. The van der Waals surface area contributed by atoms with Crippen LogP contribution in [0, 0.1) is 5.41 Å². The van der Waals surface area contributed by atoms with Gasteiger partial charge in [-0.3, -0.25) is 9.52 Å². The number of hydrogen-bond acceptors (Lipinski definition) is 6. The number of nitrogens with one attached hydrogen (secondary N) is 2. The van der Waals surface area contributed by atoms with Crippen LogP contribution in [0.3, 0.4) is 0 Å². The lowest BCUT2D eigenvalue weighted by atomic mass is 9.93. The molecule has 2 saturated heterocycles. The molecule has 35 heavy (non-hydrogen) atoms. The fourth-order valence-electron chi connectivity index (χ4n) is 5.12. The number of piperidine rings is 2. The molecular weight excluding hydrogens is 454 g/mol. The van der Waals surface area contributed by atoms with E-state index in [2.05, 4.69) is 46.7 Å². The molecule has 1 amide bonds. The Balaban J connectivity index is 1.36. The van der Waals surface area contributed by atoms with Crippen molar-refractivity contribution in [2.24, 2.45) is 5.41 Å². The van der Waals surface area contributed by atoms with Crippen LogP contribution < -0.4 is 19.8 Å². The quantitative estimate of drug-likeness (QED) is 0.474. The van der Waals surface area contributed by atoms with Crippen LogP contribution in [0.25, 0.3) is 0 Å². The van der Waals surface area contributed by atoms with Gasteiger partial charge in [0.2, 0.25) is 0 Å². The molecule has 0 unspecified atom stereocenters. The highest BCUT2D eigenvalue weighted by Crippen LogP contribution is 2.54. The first-order valence-corrected chi connectivity index (χ1v) is 14.0. The summed E-state index contributed by atoms with van der Waals surface area (Å²) in [6.45, 7) is 10.6. The van der Waals surface area contributed by atoms with Crippen LogP contribution in [0.1, 0.15) is 76.1 Å². The molecule has 2 N–H and O–H groups in total. The molecule has 0 atom stereocenters. The van der Waals surface area contributed by atoms with E-state index in [1.807, 2.05) is 30.3 Å². The van der Waals surface area contributed by atoms with Crippen LogP contribution in [0.5, 0.6) is 0 Å². The third-order valence-electron chi connectivity index (χ3n) is 7.47. The zero-order valence-corrected chi connectivity index (χ0v) is 22.2. The second-order valence-corrected chi connectivity index (χ2v) is 12.4. The number of anilines is 3. The molecule has 7 heteroatoms. The van der Waals surface area contributed by atoms with Gasteiger partial charge in [-0.25, -0.2) is 4.98 Å². The third kappa shape index (κ3) is 6.12. The second kappa shape index (κ2) is 10.0. The van der Waals surface area contributed by atoms with E-state index in [-0.39, 0.29) is 11.4 Å². The van der Waals surface area contributed by atoms with Crippen molar-refractivity contribution in [3.05, 3.63) is 42.0 Å². The number of hydrogen-bond donors (Lipinski definition) is 2. The smallest absolute Gasteiger partial charge is 0.258 e. The Kier molecular flexibility index (Phi) is 6.99. The van der Waals surface area contributed by atoms with E-state index in [4.69, 9.17) is 4.98 Å². The van der Waals surface area contributed by atoms with Crippen LogP contribution in [0.2, 0.25) is 0 Å². The molecule has 1 aromatic heterocycles. The molecular formula is C28H39N5OS. The van der Waals surface area contributed by atoms with Crippen molar-refractivity contribution in [2.75, 3.05) is 41.3 Å². The largest absolute Gasteiger partial charge is 0.371 e. The second-order valence-electron chi connectivity index (χ2n) is 11.5. The Morgan fingerprint density at radius 3 is 2.37 bits per heavy atom. The summed E-state index contributed by atoms with van der Waals surface area (Å²) >= 11 is 1.63. The van der Waals surface area contributed by atoms with Gasteiger partial charge in [0.1, 0.15) is 11.6 Å². The van der Waals surface area contributed by atoms with Crippen molar-refractivity contribution < 1.29 is 4.79 Å². The number of amides is 1. The lowest BCUT2D eigenvalue weighted by Crippen LogP contribution is -2.36. The first-order chi connectivity index (χ1) is 16.8. The third-order valence-corrected chi connectivity index (χ3v) is 8.67. The maximum absolute atomic E-state index is 13.5. The zero-order chi connectivity index (χ0) is 24.5. The van der Waals surface area contributed by atoms with Gasteiger partial charge in [-0.2, -0.15) is 0 Å². The number of rotatable bonds is 6. The molecule has 188 valence electrons. The molecule has 1 aromatic carbocycles. The Hall–Kier alpha value is -2.25. The van der Waals surface area contributed by atoms with Crippen molar-refractivity contribution in [2.45, 2.75) is 76.2 Å². The van der Waals surface area contributed by atoms with E-state index >= 15 is 0 Å². The molecule has 1 saturated carbocycles. The van der Waals surface area contributed by atoms with Crippen molar-refractivity contribution in [3.8, 4) is 0 Å². The Labute approximate surface area is 214 Å². The minimum atomic E-state index is -0.0877. The van der Waals surface area contributed by atoms with Gasteiger partial charge in [-0.15, -0.1) is 0 Å². The van der Waals surface area contributed by atoms with Gasteiger partial charge in [0, 0.05) is 36.6 Å². The normalized spacial score (nSPS) is 19.6. The summed E-state index contributed by atoms with van der Waals surface area (Å²) in [5.41, 5.74) is 2.36. The van der Waals surface area contributed by atoms with E-state index < -0.39 is 0 Å². The van der Waals surface area contributed by atoms with E-state index in [1.165, 1.54) is 44.9 Å². The van der Waals surface area contributed by atoms with E-state index in [9.17, 15) is 4.79 Å². The summed E-state index contributed by atoms with van der Waals surface area (Å²) in [4.78, 5) is 24.2. The van der Waals surface area contributed by atoms with Gasteiger partial charge in [0.05, 0.1) is 11.3 Å². The van der Waals surface area contributed by atoms with Gasteiger partial charge in [0.25, 0.3) is 5.91 Å². The maximum Gasteiger partial charge on any atom is 0.258 e. The summed E-state index contributed by atoms with van der Waals surface area (Å²) in [6, 6.07) is 12.1. The van der Waals surface area contributed by atoms with E-state index in [0.717, 1.165) is 48.1 Å². The lowest BCUT2D eigenvalue weighted by Gasteiger charge is -2.35. The molecule has 3 fully saturated rings. The molecule has 6 nitrogen and oxygen atoms in total. The van der Waals surface area contributed by atoms with Gasteiger partial charge in [0.15, 0.2) is 0 Å². The number of aromatic nitrogens is 1. The highest BCUT2D eigenvalue weighted by Gasteiger charge is 2.44. The first kappa shape index (κ1) is 24.4. The van der Waals surface area contributed by atoms with Gasteiger partial charge in [-0.05, 0) is 113 Å². The lowest BCUT2D eigenvalue weighted by molar-refractivity contribution is 0.102. The molecule has 1 aliphatic carbocycles. The fraction of sp³-hybridized carbons (Fsp3) is 0.571. The number of carbonyl (C=O) groups is 1. The molecule has 1 spiro atoms. The number of nitrogens with zero attached hydrogens (tertiary/aromatic N) is 3. The van der Waals surface area contributed by atoms with Crippen molar-refractivity contribution in [3.63, 3.8) is 0 Å². The highest BCUT2D eigenvalue weighted by molar-refractivity contribution is 7.97. The van der Waals surface area contributed by atoms with Crippen molar-refractivity contribution >= 4 is 35.2 Å². The first-order valence-electron chi connectivity index (χ1n) is 13.2. The van der Waals surface area contributed by atoms with Crippen LogP contribution in [0.4, 0.5) is 17.3 Å². The fourth-order valence-corrected chi connectivity index (χ4v) is 5.85. The standard InChI is InChI=1S/C28H39N5OS/c1-27(2,3)31-35-21-10-11-22(23(20-21)32-18-14-28(12-13-28)15-19-32)26(34)30-24-8-7-9-25(29-24)33-16-5-4-6-17-33/h7-11,20,31H,4-6,12-19H2,1-3H3,(H,29,30,34). The van der Waals surface area contributed by atoms with E-state index in [0.29, 0.717) is 11.2 Å². The monoisotopic (exact) mass is 493 g/mol. The minimum absolute atomic E-state index is 0.00932. The van der Waals surface area contributed by atoms with Gasteiger partial charge < -0.3 is 15.1 Å². The van der Waals surface area contributed by atoms with E-state index in [1.54, 1.807) is 11.9 Å². The van der Waals surface area contributed by atoms with Crippen molar-refractivity contribution in [1.82, 2.24) is 9.71 Å². The number of benzene rings is 1. The Morgan fingerprint density at radius 1 is 0.943 bits per heavy atom. The summed E-state index contributed by atoms with van der Waals surface area (Å²) in [5.74, 6) is 1.48. The van der Waals surface area contributed by atoms with Crippen LogP contribution in [-0.4, -0.2) is 42.6 Å². The SMILES string of the molecule is CC(C)(C)NSc1ccc(C(=O)Nc2cccc(N3CCCCC3)n2)c(N2CCC3(CC2)CC3)c1. The summed E-state index contributed by atoms with van der Waals surface area (Å²) in [6.07, 6.45) is 8.89. The van der Waals surface area contributed by atoms with Crippen LogP contribution in [-0.2, 0) is 0 Å². The average Bonchev–Trinajstić information content (AvgIpc) is 3.62. The van der Waals surface area contributed by atoms with Crippen LogP contribution >= 0.6 is 11.9 Å². The summed E-state index contributed by atoms with van der Waals surface area (Å²) in [5, 5.41) is 3.10. The molecule has 3 heterocycles. The Bertz CT molecular complexity index is 1050. The Morgan fingerprint density at radius 2 is 1.69 bits per heavy atom. The molecule has 5 rings (SSSR count). The maximum atomic E-state index is 13.5. The van der Waals surface area contributed by atoms with Gasteiger partial charge >= 0.3 is 0 Å².